The number of methoxy groups -OCH3 is 1. The van der Waals surface area contributed by atoms with Crippen molar-refractivity contribution in [2.24, 2.45) is 5.92 Å². The maximum Gasteiger partial charge on any atom is 0.0596 e. The highest BCUT2D eigenvalue weighted by atomic mass is 16.5. The standard InChI is InChI=1S/C18H36N2O2.C2H6/c1-16(2)22-15-14-20-10-5-17(6-11-20)4-9-19-12-7-18(21-3)8-13-19;1-2/h16-18H,4-15H2,1-3H3;1-2H3. The van der Waals surface area contributed by atoms with Gasteiger partial charge in [-0.2, -0.15) is 0 Å². The maximum atomic E-state index is 5.66. The number of hydrogen-bond acceptors (Lipinski definition) is 4. The van der Waals surface area contributed by atoms with Crippen molar-refractivity contribution < 1.29 is 9.47 Å². The zero-order chi connectivity index (χ0) is 17.8. The minimum atomic E-state index is 0.361. The Kier molecular flexibility index (Phi) is 11.9. The average molecular weight is 343 g/mol. The summed E-state index contributed by atoms with van der Waals surface area (Å²) in [6.45, 7) is 16.5. The van der Waals surface area contributed by atoms with Crippen molar-refractivity contribution >= 4 is 0 Å². The molecule has 0 spiro atoms. The number of nitrogens with zero attached hydrogens (tertiary/aromatic N) is 2. The van der Waals surface area contributed by atoms with Gasteiger partial charge in [-0.05, 0) is 71.5 Å². The van der Waals surface area contributed by atoms with Crippen LogP contribution in [0.4, 0.5) is 0 Å². The fraction of sp³-hybridized carbons (Fsp3) is 1.00. The van der Waals surface area contributed by atoms with E-state index in [1.807, 2.05) is 21.0 Å². The first-order valence-corrected chi connectivity index (χ1v) is 10.3. The minimum absolute atomic E-state index is 0.361. The van der Waals surface area contributed by atoms with Crippen LogP contribution in [0.25, 0.3) is 0 Å². The highest BCUT2D eigenvalue weighted by Crippen LogP contribution is 2.22. The summed E-state index contributed by atoms with van der Waals surface area (Å²) in [5.74, 6) is 0.933. The molecule has 0 aromatic carbocycles. The molecule has 2 rings (SSSR count). The summed E-state index contributed by atoms with van der Waals surface area (Å²) in [6, 6.07) is 0. The normalized spacial score (nSPS) is 21.8. The number of piperidine rings is 2. The Balaban J connectivity index is 0.00000139. The molecular formula is C20H42N2O2. The van der Waals surface area contributed by atoms with Gasteiger partial charge < -0.3 is 19.3 Å². The molecule has 0 atom stereocenters. The Labute approximate surface area is 150 Å². The van der Waals surface area contributed by atoms with E-state index in [2.05, 4.69) is 23.6 Å². The van der Waals surface area contributed by atoms with Gasteiger partial charge in [0.25, 0.3) is 0 Å². The third-order valence-corrected chi connectivity index (χ3v) is 5.29. The van der Waals surface area contributed by atoms with Gasteiger partial charge in [0.05, 0.1) is 18.8 Å². The van der Waals surface area contributed by atoms with Gasteiger partial charge in [0, 0.05) is 26.7 Å². The van der Waals surface area contributed by atoms with Gasteiger partial charge >= 0.3 is 0 Å². The molecule has 2 aliphatic heterocycles. The Bertz CT molecular complexity index is 283. The van der Waals surface area contributed by atoms with Crippen LogP contribution >= 0.6 is 0 Å². The van der Waals surface area contributed by atoms with Crippen molar-refractivity contribution in [3.05, 3.63) is 0 Å². The molecule has 0 bridgehead atoms. The first kappa shape index (κ1) is 21.9. The van der Waals surface area contributed by atoms with Gasteiger partial charge in [-0.15, -0.1) is 0 Å². The molecule has 0 aromatic rings. The van der Waals surface area contributed by atoms with Crippen molar-refractivity contribution in [1.82, 2.24) is 9.80 Å². The van der Waals surface area contributed by atoms with Crippen LogP contribution in [0.5, 0.6) is 0 Å². The van der Waals surface area contributed by atoms with Crippen LogP contribution < -0.4 is 0 Å². The van der Waals surface area contributed by atoms with Crippen LogP contribution in [0.2, 0.25) is 0 Å². The largest absolute Gasteiger partial charge is 0.381 e. The van der Waals surface area contributed by atoms with Crippen molar-refractivity contribution in [3.8, 4) is 0 Å². The van der Waals surface area contributed by atoms with Crippen molar-refractivity contribution in [2.75, 3.05) is 53.0 Å². The van der Waals surface area contributed by atoms with Gasteiger partial charge in [0.1, 0.15) is 0 Å². The Morgan fingerprint density at radius 2 is 1.42 bits per heavy atom. The predicted molar refractivity (Wildman–Crippen MR) is 103 cm³/mol. The number of hydrogen-bond donors (Lipinski definition) is 0. The van der Waals surface area contributed by atoms with E-state index in [0.717, 1.165) is 19.1 Å². The lowest BCUT2D eigenvalue weighted by molar-refractivity contribution is 0.0361. The number of likely N-dealkylation sites (tertiary alicyclic amines) is 2. The molecule has 0 saturated carbocycles. The predicted octanol–water partition coefficient (Wildman–Crippen LogP) is 3.65. The lowest BCUT2D eigenvalue weighted by Gasteiger charge is -2.35. The van der Waals surface area contributed by atoms with Crippen LogP contribution in [0.3, 0.4) is 0 Å². The molecule has 0 aliphatic carbocycles. The smallest absolute Gasteiger partial charge is 0.0596 e. The van der Waals surface area contributed by atoms with E-state index in [1.165, 1.54) is 64.8 Å². The first-order chi connectivity index (χ1) is 11.7. The zero-order valence-electron chi connectivity index (χ0n) is 16.9. The minimum Gasteiger partial charge on any atom is -0.381 e. The summed E-state index contributed by atoms with van der Waals surface area (Å²) in [7, 11) is 1.85. The van der Waals surface area contributed by atoms with Crippen LogP contribution in [0.15, 0.2) is 0 Å². The molecular weight excluding hydrogens is 300 g/mol. The van der Waals surface area contributed by atoms with Crippen LogP contribution in [-0.4, -0.2) is 75.0 Å². The lowest BCUT2D eigenvalue weighted by atomic mass is 9.93. The van der Waals surface area contributed by atoms with E-state index in [1.54, 1.807) is 0 Å². The number of ether oxygens (including phenoxy) is 2. The van der Waals surface area contributed by atoms with Crippen molar-refractivity contribution in [2.45, 2.75) is 72.0 Å². The fourth-order valence-electron chi connectivity index (χ4n) is 3.65. The average Bonchev–Trinajstić information content (AvgIpc) is 2.63. The topological polar surface area (TPSA) is 24.9 Å². The van der Waals surface area contributed by atoms with Gasteiger partial charge in [0.2, 0.25) is 0 Å². The second-order valence-corrected chi connectivity index (χ2v) is 7.27. The molecule has 144 valence electrons. The Morgan fingerprint density at radius 1 is 0.875 bits per heavy atom. The highest BCUT2D eigenvalue weighted by molar-refractivity contribution is 4.76. The first-order valence-electron chi connectivity index (χ1n) is 10.3. The molecule has 0 N–H and O–H groups in total. The molecule has 0 radical (unpaired) electrons. The van der Waals surface area contributed by atoms with Crippen LogP contribution in [0, 0.1) is 5.92 Å². The lowest BCUT2D eigenvalue weighted by Crippen LogP contribution is -2.39. The summed E-state index contributed by atoms with van der Waals surface area (Å²) < 4.78 is 11.1. The molecule has 24 heavy (non-hydrogen) atoms. The van der Waals surface area contributed by atoms with E-state index in [4.69, 9.17) is 9.47 Å². The molecule has 0 unspecified atom stereocenters. The molecule has 2 fully saturated rings. The van der Waals surface area contributed by atoms with Gasteiger partial charge in [0.15, 0.2) is 0 Å². The SMILES string of the molecule is CC.COC1CCN(CCC2CCN(CCOC(C)C)CC2)CC1. The van der Waals surface area contributed by atoms with E-state index < -0.39 is 0 Å². The van der Waals surface area contributed by atoms with Crippen molar-refractivity contribution in [3.63, 3.8) is 0 Å². The zero-order valence-corrected chi connectivity index (χ0v) is 16.9. The maximum absolute atomic E-state index is 5.66. The summed E-state index contributed by atoms with van der Waals surface area (Å²) in [4.78, 5) is 5.21. The molecule has 2 heterocycles. The van der Waals surface area contributed by atoms with E-state index >= 15 is 0 Å². The van der Waals surface area contributed by atoms with E-state index in [0.29, 0.717) is 12.2 Å². The summed E-state index contributed by atoms with van der Waals surface area (Å²) in [6.07, 6.45) is 7.42. The fourth-order valence-corrected chi connectivity index (χ4v) is 3.65. The molecule has 4 heteroatoms. The van der Waals surface area contributed by atoms with Crippen LogP contribution in [0.1, 0.15) is 59.8 Å². The Hall–Kier alpha value is -0.160. The molecule has 2 aliphatic rings. The number of rotatable bonds is 8. The van der Waals surface area contributed by atoms with Gasteiger partial charge in [-0.1, -0.05) is 13.8 Å². The third kappa shape index (κ3) is 8.80. The monoisotopic (exact) mass is 342 g/mol. The third-order valence-electron chi connectivity index (χ3n) is 5.29. The molecule has 0 aromatic heterocycles. The quantitative estimate of drug-likeness (QED) is 0.672. The van der Waals surface area contributed by atoms with Gasteiger partial charge in [-0.3, -0.25) is 0 Å². The summed E-state index contributed by atoms with van der Waals surface area (Å²) >= 11 is 0. The molecule has 4 nitrogen and oxygen atoms in total. The van der Waals surface area contributed by atoms with Crippen LogP contribution in [-0.2, 0) is 9.47 Å². The molecule has 0 amide bonds. The van der Waals surface area contributed by atoms with E-state index in [-0.39, 0.29) is 0 Å². The highest BCUT2D eigenvalue weighted by Gasteiger charge is 2.22. The Morgan fingerprint density at radius 3 is 1.96 bits per heavy atom. The van der Waals surface area contributed by atoms with Crippen molar-refractivity contribution in [1.29, 1.82) is 0 Å². The molecule has 2 saturated heterocycles. The summed E-state index contributed by atoms with van der Waals surface area (Å²) in [5, 5.41) is 0. The van der Waals surface area contributed by atoms with E-state index in [9.17, 15) is 0 Å². The summed E-state index contributed by atoms with van der Waals surface area (Å²) in [5.41, 5.74) is 0. The van der Waals surface area contributed by atoms with Gasteiger partial charge in [-0.25, -0.2) is 0 Å². The second-order valence-electron chi connectivity index (χ2n) is 7.27. The second kappa shape index (κ2) is 13.1.